The molecule has 0 aliphatic rings. The van der Waals surface area contributed by atoms with Crippen molar-refractivity contribution in [3.63, 3.8) is 0 Å². The molecule has 90 valence electrons. The summed E-state index contributed by atoms with van der Waals surface area (Å²) in [6, 6.07) is 2.16. The van der Waals surface area contributed by atoms with Crippen LogP contribution in [0.2, 0.25) is 5.02 Å². The van der Waals surface area contributed by atoms with E-state index in [0.717, 1.165) is 11.4 Å². The summed E-state index contributed by atoms with van der Waals surface area (Å²) in [6.45, 7) is 2.72. The number of hydrogen-bond donors (Lipinski definition) is 0. The van der Waals surface area contributed by atoms with Crippen LogP contribution in [-0.4, -0.2) is 31.8 Å². The lowest BCUT2D eigenvalue weighted by molar-refractivity contribution is 0.183. The van der Waals surface area contributed by atoms with Gasteiger partial charge in [0.1, 0.15) is 5.82 Å². The molecule has 1 rings (SSSR count). The second-order valence-corrected chi connectivity index (χ2v) is 4.36. The predicted octanol–water partition coefficient (Wildman–Crippen LogP) is 2.94. The number of halogens is 2. The highest BCUT2D eigenvalue weighted by molar-refractivity contribution is 6.32. The van der Waals surface area contributed by atoms with Crippen LogP contribution in [-0.2, 0) is 10.6 Å². The van der Waals surface area contributed by atoms with Crippen LogP contribution in [0.1, 0.15) is 12.5 Å². The Hall–Kier alpha value is -0.510. The quantitative estimate of drug-likeness (QED) is 0.764. The first-order chi connectivity index (χ1) is 7.60. The Kier molecular flexibility index (Phi) is 5.32. The maximum absolute atomic E-state index is 5.95. The van der Waals surface area contributed by atoms with Crippen LogP contribution in [0.4, 0.5) is 5.82 Å². The predicted molar refractivity (Wildman–Crippen MR) is 68.5 cm³/mol. The number of alkyl halides is 1. The van der Waals surface area contributed by atoms with Crippen molar-refractivity contribution in [1.29, 1.82) is 0 Å². The van der Waals surface area contributed by atoms with E-state index in [1.54, 1.807) is 13.3 Å². The lowest BCUT2D eigenvalue weighted by Gasteiger charge is -2.25. The zero-order valence-corrected chi connectivity index (χ0v) is 11.2. The lowest BCUT2D eigenvalue weighted by Crippen LogP contribution is -2.33. The van der Waals surface area contributed by atoms with E-state index in [1.165, 1.54) is 0 Å². The molecular weight excluding hydrogens is 247 g/mol. The molecule has 16 heavy (non-hydrogen) atoms. The molecule has 0 N–H and O–H groups in total. The second-order valence-electron chi connectivity index (χ2n) is 3.68. The van der Waals surface area contributed by atoms with E-state index in [4.69, 9.17) is 27.9 Å². The number of rotatable bonds is 5. The molecule has 1 atom stereocenters. The molecule has 0 fully saturated rings. The average molecular weight is 263 g/mol. The summed E-state index contributed by atoms with van der Waals surface area (Å²) in [5.74, 6) is 1.24. The highest BCUT2D eigenvalue weighted by atomic mass is 35.5. The summed E-state index contributed by atoms with van der Waals surface area (Å²) in [4.78, 5) is 6.31. The van der Waals surface area contributed by atoms with Crippen molar-refractivity contribution in [2.45, 2.75) is 18.8 Å². The number of anilines is 1. The molecule has 0 radical (unpaired) electrons. The number of likely N-dealkylation sites (N-methyl/N-ethyl adjacent to an activating group) is 1. The largest absolute Gasteiger partial charge is 0.383 e. The van der Waals surface area contributed by atoms with Crippen LogP contribution in [0.15, 0.2) is 12.3 Å². The Balaban J connectivity index is 2.87. The summed E-state index contributed by atoms with van der Waals surface area (Å²) in [7, 11) is 3.65. The molecule has 0 spiro atoms. The third-order valence-corrected chi connectivity index (χ3v) is 3.12. The second kappa shape index (κ2) is 6.28. The molecule has 1 unspecified atom stereocenters. The minimum absolute atomic E-state index is 0.252. The van der Waals surface area contributed by atoms with Gasteiger partial charge in [-0.2, -0.15) is 0 Å². The normalized spacial score (nSPS) is 12.6. The molecule has 0 saturated carbocycles. The van der Waals surface area contributed by atoms with Gasteiger partial charge in [-0.25, -0.2) is 4.98 Å². The van der Waals surface area contributed by atoms with Gasteiger partial charge >= 0.3 is 0 Å². The Morgan fingerprint density at radius 3 is 2.81 bits per heavy atom. The van der Waals surface area contributed by atoms with Crippen molar-refractivity contribution in [2.75, 3.05) is 25.7 Å². The van der Waals surface area contributed by atoms with E-state index >= 15 is 0 Å². The number of nitrogens with zero attached hydrogens (tertiary/aromatic N) is 2. The lowest BCUT2D eigenvalue weighted by atomic mass is 10.2. The third kappa shape index (κ3) is 3.24. The number of ether oxygens (including phenoxy) is 1. The summed E-state index contributed by atoms with van der Waals surface area (Å²) in [6.07, 6.45) is 1.63. The number of aromatic nitrogens is 1. The minimum atomic E-state index is 0.252. The number of hydrogen-bond acceptors (Lipinski definition) is 3. The van der Waals surface area contributed by atoms with Crippen LogP contribution in [0, 0.1) is 0 Å². The van der Waals surface area contributed by atoms with Gasteiger partial charge in [0.2, 0.25) is 0 Å². The number of methoxy groups -OCH3 is 1. The molecule has 0 saturated heterocycles. The van der Waals surface area contributed by atoms with Gasteiger partial charge in [0.25, 0.3) is 0 Å². The van der Waals surface area contributed by atoms with Crippen molar-refractivity contribution in [3.8, 4) is 0 Å². The molecule has 0 amide bonds. The molecule has 1 heterocycles. The molecule has 1 aromatic heterocycles. The Labute approximate surface area is 106 Å². The standard InChI is InChI=1S/C11H16Cl2N2O/c1-8(7-16-3)15(2)11-4-9(5-12)10(13)6-14-11/h4,6,8H,5,7H2,1-3H3. The van der Waals surface area contributed by atoms with Gasteiger partial charge in [-0.3, -0.25) is 0 Å². The van der Waals surface area contributed by atoms with E-state index in [0.29, 0.717) is 17.5 Å². The van der Waals surface area contributed by atoms with Gasteiger partial charge in [0, 0.05) is 26.2 Å². The van der Waals surface area contributed by atoms with Crippen molar-refractivity contribution in [3.05, 3.63) is 22.8 Å². The third-order valence-electron chi connectivity index (χ3n) is 2.49. The topological polar surface area (TPSA) is 25.4 Å². The first-order valence-corrected chi connectivity index (χ1v) is 5.93. The molecule has 0 bridgehead atoms. The first-order valence-electron chi connectivity index (χ1n) is 5.02. The fourth-order valence-electron chi connectivity index (χ4n) is 1.34. The van der Waals surface area contributed by atoms with Crippen molar-refractivity contribution < 1.29 is 4.74 Å². The van der Waals surface area contributed by atoms with Gasteiger partial charge in [0.05, 0.1) is 17.7 Å². The van der Waals surface area contributed by atoms with Gasteiger partial charge in [-0.1, -0.05) is 11.6 Å². The van der Waals surface area contributed by atoms with Crippen LogP contribution >= 0.6 is 23.2 Å². The van der Waals surface area contributed by atoms with E-state index < -0.39 is 0 Å². The molecule has 0 aliphatic carbocycles. The van der Waals surface area contributed by atoms with E-state index in [1.807, 2.05) is 18.0 Å². The Bertz CT molecular complexity index is 347. The zero-order chi connectivity index (χ0) is 12.1. The Morgan fingerprint density at radius 1 is 1.56 bits per heavy atom. The minimum Gasteiger partial charge on any atom is -0.383 e. The summed E-state index contributed by atoms with van der Waals surface area (Å²) in [5.41, 5.74) is 0.893. The van der Waals surface area contributed by atoms with Crippen molar-refractivity contribution in [2.24, 2.45) is 0 Å². The first kappa shape index (κ1) is 13.6. The fourth-order valence-corrected chi connectivity index (χ4v) is 1.80. The van der Waals surface area contributed by atoms with E-state index in [9.17, 15) is 0 Å². The fraction of sp³-hybridized carbons (Fsp3) is 0.545. The monoisotopic (exact) mass is 262 g/mol. The van der Waals surface area contributed by atoms with Crippen LogP contribution in [0.5, 0.6) is 0 Å². The zero-order valence-electron chi connectivity index (χ0n) is 9.70. The van der Waals surface area contributed by atoms with E-state index in [2.05, 4.69) is 11.9 Å². The van der Waals surface area contributed by atoms with Crippen LogP contribution in [0.3, 0.4) is 0 Å². The van der Waals surface area contributed by atoms with Gasteiger partial charge in [-0.15, -0.1) is 11.6 Å². The molecule has 3 nitrogen and oxygen atoms in total. The SMILES string of the molecule is COCC(C)N(C)c1cc(CCl)c(Cl)cn1. The van der Waals surface area contributed by atoms with Crippen LogP contribution < -0.4 is 4.90 Å². The summed E-state index contributed by atoms with van der Waals surface area (Å²) >= 11 is 11.7. The van der Waals surface area contributed by atoms with Crippen molar-refractivity contribution in [1.82, 2.24) is 4.98 Å². The highest BCUT2D eigenvalue weighted by Crippen LogP contribution is 2.22. The van der Waals surface area contributed by atoms with E-state index in [-0.39, 0.29) is 6.04 Å². The Morgan fingerprint density at radius 2 is 2.25 bits per heavy atom. The smallest absolute Gasteiger partial charge is 0.128 e. The maximum atomic E-state index is 5.95. The molecule has 1 aromatic rings. The van der Waals surface area contributed by atoms with Gasteiger partial charge < -0.3 is 9.64 Å². The molecule has 0 aliphatic heterocycles. The molecule has 0 aromatic carbocycles. The van der Waals surface area contributed by atoms with Crippen LogP contribution in [0.25, 0.3) is 0 Å². The molecule has 5 heteroatoms. The average Bonchev–Trinajstić information content (AvgIpc) is 2.29. The van der Waals surface area contributed by atoms with Crippen molar-refractivity contribution >= 4 is 29.0 Å². The summed E-state index contributed by atoms with van der Waals surface area (Å²) in [5, 5.41) is 0.603. The molecular formula is C11H16Cl2N2O. The highest BCUT2D eigenvalue weighted by Gasteiger charge is 2.12. The van der Waals surface area contributed by atoms with Gasteiger partial charge in [-0.05, 0) is 18.6 Å². The maximum Gasteiger partial charge on any atom is 0.128 e. The van der Waals surface area contributed by atoms with Gasteiger partial charge in [0.15, 0.2) is 0 Å². The number of pyridine rings is 1. The summed E-state index contributed by atoms with van der Waals surface area (Å²) < 4.78 is 5.10.